The van der Waals surface area contributed by atoms with Gasteiger partial charge in [0.05, 0.1) is 11.7 Å². The number of hydrogen-bond acceptors (Lipinski definition) is 3. The molecule has 1 aromatic heterocycles. The van der Waals surface area contributed by atoms with E-state index in [1.54, 1.807) is 18.2 Å². The molecule has 0 bridgehead atoms. The smallest absolute Gasteiger partial charge is 0.237 e. The Morgan fingerprint density at radius 3 is 2.76 bits per heavy atom. The molecule has 1 aliphatic heterocycles. The quantitative estimate of drug-likeness (QED) is 0.877. The number of amides is 1. The molecule has 1 aliphatic rings. The first kappa shape index (κ1) is 17.6. The van der Waals surface area contributed by atoms with Crippen molar-refractivity contribution in [2.24, 2.45) is 0 Å². The molecule has 6 heteroatoms. The van der Waals surface area contributed by atoms with Crippen LogP contribution < -0.4 is 5.32 Å². The number of rotatable bonds is 5. The van der Waals surface area contributed by atoms with Crippen molar-refractivity contribution in [2.75, 3.05) is 13.1 Å². The molecular formula is C19H25FN4O. The van der Waals surface area contributed by atoms with Gasteiger partial charge < -0.3 is 5.32 Å². The summed E-state index contributed by atoms with van der Waals surface area (Å²) in [7, 11) is 0. The van der Waals surface area contributed by atoms with Gasteiger partial charge in [-0.1, -0.05) is 18.2 Å². The van der Waals surface area contributed by atoms with Crippen LogP contribution in [0.5, 0.6) is 0 Å². The minimum atomic E-state index is -0.287. The second kappa shape index (κ2) is 7.78. The van der Waals surface area contributed by atoms with Crippen molar-refractivity contribution in [2.45, 2.75) is 45.2 Å². The van der Waals surface area contributed by atoms with E-state index < -0.39 is 0 Å². The molecule has 134 valence electrons. The number of aryl methyl sites for hydroxylation is 1. The first-order valence-corrected chi connectivity index (χ1v) is 8.81. The van der Waals surface area contributed by atoms with E-state index in [9.17, 15) is 9.18 Å². The molecular weight excluding hydrogens is 319 g/mol. The number of piperidine rings is 1. The summed E-state index contributed by atoms with van der Waals surface area (Å²) in [6, 6.07) is 8.41. The van der Waals surface area contributed by atoms with Crippen LogP contribution in [0.4, 0.5) is 4.39 Å². The molecule has 0 saturated carbocycles. The van der Waals surface area contributed by atoms with Gasteiger partial charge in [0.1, 0.15) is 5.82 Å². The molecule has 3 rings (SSSR count). The fourth-order valence-electron chi connectivity index (χ4n) is 3.37. The molecule has 2 aromatic rings. The Morgan fingerprint density at radius 2 is 2.12 bits per heavy atom. The predicted molar refractivity (Wildman–Crippen MR) is 94.6 cm³/mol. The van der Waals surface area contributed by atoms with Gasteiger partial charge >= 0.3 is 0 Å². The van der Waals surface area contributed by atoms with Crippen molar-refractivity contribution in [3.8, 4) is 0 Å². The van der Waals surface area contributed by atoms with Crippen molar-refractivity contribution < 1.29 is 9.18 Å². The highest BCUT2D eigenvalue weighted by Crippen LogP contribution is 2.27. The van der Waals surface area contributed by atoms with E-state index in [-0.39, 0.29) is 24.3 Å². The van der Waals surface area contributed by atoms with Crippen LogP contribution in [0.25, 0.3) is 0 Å². The van der Waals surface area contributed by atoms with Gasteiger partial charge in [0, 0.05) is 23.7 Å². The number of halogens is 1. The molecule has 0 radical (unpaired) electrons. The third-order valence-electron chi connectivity index (χ3n) is 5.01. The van der Waals surface area contributed by atoms with Crippen LogP contribution in [-0.4, -0.2) is 40.1 Å². The SMILES string of the molecule is Cc1cc(C2CCN([C@@H](C)C(=O)NCc3ccccc3F)CC2)n[nH]1. The van der Waals surface area contributed by atoms with Gasteiger partial charge in [-0.3, -0.25) is 14.8 Å². The summed E-state index contributed by atoms with van der Waals surface area (Å²) in [6.07, 6.45) is 1.99. The Kier molecular flexibility index (Phi) is 5.48. The first-order chi connectivity index (χ1) is 12.0. The number of aromatic amines is 1. The van der Waals surface area contributed by atoms with Gasteiger partial charge in [-0.15, -0.1) is 0 Å². The second-order valence-corrected chi connectivity index (χ2v) is 6.77. The molecule has 2 N–H and O–H groups in total. The summed E-state index contributed by atoms with van der Waals surface area (Å²) in [6.45, 7) is 5.87. The van der Waals surface area contributed by atoms with Crippen LogP contribution in [0.1, 0.15) is 42.6 Å². The summed E-state index contributed by atoms with van der Waals surface area (Å²) in [5.41, 5.74) is 2.71. The van der Waals surface area contributed by atoms with E-state index in [1.807, 2.05) is 13.8 Å². The molecule has 0 spiro atoms. The van der Waals surface area contributed by atoms with Crippen LogP contribution in [0.2, 0.25) is 0 Å². The predicted octanol–water partition coefficient (Wildman–Crippen LogP) is 2.74. The first-order valence-electron chi connectivity index (χ1n) is 8.81. The highest BCUT2D eigenvalue weighted by atomic mass is 19.1. The van der Waals surface area contributed by atoms with E-state index in [4.69, 9.17) is 0 Å². The van der Waals surface area contributed by atoms with Crippen molar-refractivity contribution in [3.05, 3.63) is 53.1 Å². The number of nitrogens with zero attached hydrogens (tertiary/aromatic N) is 2. The molecule has 5 nitrogen and oxygen atoms in total. The maximum atomic E-state index is 13.6. The number of hydrogen-bond donors (Lipinski definition) is 2. The van der Waals surface area contributed by atoms with Crippen molar-refractivity contribution in [1.29, 1.82) is 0 Å². The number of benzene rings is 1. The molecule has 1 saturated heterocycles. The van der Waals surface area contributed by atoms with E-state index in [1.165, 1.54) is 6.07 Å². The zero-order valence-corrected chi connectivity index (χ0v) is 14.8. The van der Waals surface area contributed by atoms with Crippen LogP contribution in [0, 0.1) is 12.7 Å². The molecule has 0 aliphatic carbocycles. The lowest BCUT2D eigenvalue weighted by Crippen LogP contribution is -2.47. The fourth-order valence-corrected chi connectivity index (χ4v) is 3.37. The van der Waals surface area contributed by atoms with E-state index in [2.05, 4.69) is 26.5 Å². The Hall–Kier alpha value is -2.21. The molecule has 1 amide bonds. The zero-order chi connectivity index (χ0) is 17.8. The maximum Gasteiger partial charge on any atom is 0.237 e. The summed E-state index contributed by atoms with van der Waals surface area (Å²) in [5, 5.41) is 10.2. The topological polar surface area (TPSA) is 61.0 Å². The number of nitrogens with one attached hydrogen (secondary N) is 2. The lowest BCUT2D eigenvalue weighted by molar-refractivity contribution is -0.126. The van der Waals surface area contributed by atoms with Crippen molar-refractivity contribution >= 4 is 5.91 Å². The van der Waals surface area contributed by atoms with Crippen molar-refractivity contribution in [1.82, 2.24) is 20.4 Å². The van der Waals surface area contributed by atoms with Crippen LogP contribution in [0.3, 0.4) is 0 Å². The number of carbonyl (C=O) groups is 1. The summed E-state index contributed by atoms with van der Waals surface area (Å²) in [5.74, 6) is 0.109. The van der Waals surface area contributed by atoms with Gasteiger partial charge in [-0.2, -0.15) is 5.10 Å². The average molecular weight is 344 g/mol. The molecule has 1 fully saturated rings. The maximum absolute atomic E-state index is 13.6. The Balaban J connectivity index is 1.49. The molecule has 25 heavy (non-hydrogen) atoms. The van der Waals surface area contributed by atoms with Gasteiger partial charge in [0.25, 0.3) is 0 Å². The van der Waals surface area contributed by atoms with Gasteiger partial charge in [-0.05, 0) is 51.9 Å². The summed E-state index contributed by atoms with van der Waals surface area (Å²) in [4.78, 5) is 14.6. The zero-order valence-electron chi connectivity index (χ0n) is 14.8. The van der Waals surface area contributed by atoms with Gasteiger partial charge in [0.2, 0.25) is 5.91 Å². The normalized spacial score (nSPS) is 17.4. The van der Waals surface area contributed by atoms with Gasteiger partial charge in [0.15, 0.2) is 0 Å². The van der Waals surface area contributed by atoms with E-state index in [0.717, 1.165) is 37.3 Å². The third-order valence-corrected chi connectivity index (χ3v) is 5.01. The molecule has 1 aromatic carbocycles. The van der Waals surface area contributed by atoms with E-state index >= 15 is 0 Å². The molecule has 0 unspecified atom stereocenters. The fraction of sp³-hybridized carbons (Fsp3) is 0.474. The lowest BCUT2D eigenvalue weighted by atomic mass is 9.92. The molecule has 1 atom stereocenters. The number of H-pyrrole nitrogens is 1. The number of carbonyl (C=O) groups excluding carboxylic acids is 1. The summed E-state index contributed by atoms with van der Waals surface area (Å²) >= 11 is 0. The Labute approximate surface area is 147 Å². The number of aromatic nitrogens is 2. The average Bonchev–Trinajstić information content (AvgIpc) is 3.07. The molecule has 2 heterocycles. The second-order valence-electron chi connectivity index (χ2n) is 6.77. The monoisotopic (exact) mass is 344 g/mol. The highest BCUT2D eigenvalue weighted by molar-refractivity contribution is 5.81. The van der Waals surface area contributed by atoms with Crippen LogP contribution in [-0.2, 0) is 11.3 Å². The largest absolute Gasteiger partial charge is 0.351 e. The standard InChI is InChI=1S/C19H25FN4O/c1-13-11-18(23-22-13)15-7-9-24(10-8-15)14(2)19(25)21-12-16-5-3-4-6-17(16)20/h3-6,11,14-15H,7-10,12H2,1-2H3,(H,21,25)(H,22,23)/t14-/m0/s1. The number of likely N-dealkylation sites (tertiary alicyclic amines) is 1. The van der Waals surface area contributed by atoms with Gasteiger partial charge in [-0.25, -0.2) is 4.39 Å². The minimum absolute atomic E-state index is 0.0580. The van der Waals surface area contributed by atoms with Crippen LogP contribution >= 0.6 is 0 Å². The van der Waals surface area contributed by atoms with Crippen molar-refractivity contribution in [3.63, 3.8) is 0 Å². The minimum Gasteiger partial charge on any atom is -0.351 e. The van der Waals surface area contributed by atoms with Crippen LogP contribution in [0.15, 0.2) is 30.3 Å². The van der Waals surface area contributed by atoms with E-state index in [0.29, 0.717) is 11.5 Å². The third kappa shape index (κ3) is 4.25. The Morgan fingerprint density at radius 1 is 1.40 bits per heavy atom. The summed E-state index contributed by atoms with van der Waals surface area (Å²) < 4.78 is 13.6. The lowest BCUT2D eigenvalue weighted by Gasteiger charge is -2.34. The Bertz CT molecular complexity index is 722. The highest BCUT2D eigenvalue weighted by Gasteiger charge is 2.28.